The number of nitrogens with zero attached hydrogens (tertiary/aromatic N) is 1. The normalized spacial score (nSPS) is 31.6. The summed E-state index contributed by atoms with van der Waals surface area (Å²) >= 11 is 0. The number of hydrogen-bond donors (Lipinski definition) is 1. The number of allylic oxidation sites excluding steroid dienone is 2. The van der Waals surface area contributed by atoms with Gasteiger partial charge in [-0.15, -0.1) is 0 Å². The van der Waals surface area contributed by atoms with E-state index in [2.05, 4.69) is 19.9 Å². The van der Waals surface area contributed by atoms with Gasteiger partial charge in [-0.3, -0.25) is 9.59 Å². The lowest BCUT2D eigenvalue weighted by molar-refractivity contribution is -0.146. The van der Waals surface area contributed by atoms with Crippen LogP contribution in [-0.2, 0) is 14.3 Å². The highest BCUT2D eigenvalue weighted by Crippen LogP contribution is 2.60. The molecule has 2 fully saturated rings. The third-order valence-electron chi connectivity index (χ3n) is 4.39. The van der Waals surface area contributed by atoms with Crippen LogP contribution in [0.5, 0.6) is 0 Å². The molecule has 1 saturated carbocycles. The Morgan fingerprint density at radius 2 is 2.00 bits per heavy atom. The van der Waals surface area contributed by atoms with Crippen LogP contribution >= 0.6 is 0 Å². The van der Waals surface area contributed by atoms with E-state index in [1.807, 2.05) is 13.8 Å². The van der Waals surface area contributed by atoms with Gasteiger partial charge >= 0.3 is 0 Å². The zero-order chi connectivity index (χ0) is 15.1. The van der Waals surface area contributed by atoms with Crippen molar-refractivity contribution in [1.29, 1.82) is 0 Å². The summed E-state index contributed by atoms with van der Waals surface area (Å²) in [6, 6.07) is 0. The average molecular weight is 280 g/mol. The van der Waals surface area contributed by atoms with Gasteiger partial charge in [0.15, 0.2) is 6.10 Å². The molecule has 0 aromatic rings. The van der Waals surface area contributed by atoms with Gasteiger partial charge in [-0.2, -0.15) is 0 Å². The molecule has 5 heteroatoms. The van der Waals surface area contributed by atoms with Crippen molar-refractivity contribution in [2.24, 2.45) is 23.0 Å². The van der Waals surface area contributed by atoms with E-state index in [0.29, 0.717) is 13.2 Å². The molecular formula is C15H24N2O3. The number of nitrogens with two attached hydrogens (primary N) is 1. The Labute approximate surface area is 120 Å². The average Bonchev–Trinajstić information content (AvgIpc) is 2.89. The molecule has 0 bridgehead atoms. The molecule has 112 valence electrons. The van der Waals surface area contributed by atoms with Crippen molar-refractivity contribution in [2.75, 3.05) is 19.7 Å². The summed E-state index contributed by atoms with van der Waals surface area (Å²) in [5, 5.41) is 0. The van der Waals surface area contributed by atoms with Crippen molar-refractivity contribution >= 4 is 11.8 Å². The molecular weight excluding hydrogens is 256 g/mol. The molecule has 5 nitrogen and oxygen atoms in total. The number of hydrogen-bond acceptors (Lipinski definition) is 3. The number of carbonyl (C=O) groups excluding carboxylic acids is 2. The fraction of sp³-hybridized carbons (Fsp3) is 0.733. The number of carbonyl (C=O) groups is 2. The third kappa shape index (κ3) is 2.73. The van der Waals surface area contributed by atoms with Gasteiger partial charge in [0.25, 0.3) is 0 Å². The lowest BCUT2D eigenvalue weighted by Gasteiger charge is -2.31. The van der Waals surface area contributed by atoms with E-state index in [1.54, 1.807) is 4.90 Å². The second-order valence-corrected chi connectivity index (χ2v) is 6.61. The van der Waals surface area contributed by atoms with Gasteiger partial charge in [-0.1, -0.05) is 25.5 Å². The Morgan fingerprint density at radius 1 is 1.35 bits per heavy atom. The van der Waals surface area contributed by atoms with Crippen LogP contribution in [0.25, 0.3) is 0 Å². The molecule has 2 amide bonds. The maximum atomic E-state index is 12.6. The van der Waals surface area contributed by atoms with Gasteiger partial charge in [0, 0.05) is 6.54 Å². The van der Waals surface area contributed by atoms with E-state index in [0.717, 1.165) is 0 Å². The number of amides is 2. The van der Waals surface area contributed by atoms with Crippen molar-refractivity contribution in [1.82, 2.24) is 4.90 Å². The van der Waals surface area contributed by atoms with Crippen molar-refractivity contribution < 1.29 is 14.3 Å². The van der Waals surface area contributed by atoms with E-state index >= 15 is 0 Å². The molecule has 0 spiro atoms. The van der Waals surface area contributed by atoms with Crippen LogP contribution in [0.4, 0.5) is 0 Å². The van der Waals surface area contributed by atoms with Crippen molar-refractivity contribution in [3.63, 3.8) is 0 Å². The minimum atomic E-state index is -0.670. The minimum Gasteiger partial charge on any atom is -0.367 e. The lowest BCUT2D eigenvalue weighted by atomic mass is 10.1. The summed E-state index contributed by atoms with van der Waals surface area (Å²) in [6.07, 6.45) is 1.51. The molecule has 1 heterocycles. The van der Waals surface area contributed by atoms with Crippen LogP contribution in [0, 0.1) is 17.3 Å². The first-order valence-electron chi connectivity index (χ1n) is 7.10. The summed E-state index contributed by atoms with van der Waals surface area (Å²) in [5.41, 5.74) is 6.48. The summed E-state index contributed by atoms with van der Waals surface area (Å²) in [4.78, 5) is 25.5. The smallest absolute Gasteiger partial charge is 0.248 e. The monoisotopic (exact) mass is 280 g/mol. The largest absolute Gasteiger partial charge is 0.367 e. The maximum Gasteiger partial charge on any atom is 0.248 e. The quantitative estimate of drug-likeness (QED) is 0.782. The number of ether oxygens (including phenoxy) is 1. The molecule has 2 aliphatic rings. The predicted octanol–water partition coefficient (Wildman–Crippen LogP) is 0.937. The van der Waals surface area contributed by atoms with Crippen LogP contribution in [0.2, 0.25) is 0 Å². The lowest BCUT2D eigenvalue weighted by Crippen LogP contribution is -2.51. The van der Waals surface area contributed by atoms with Gasteiger partial charge in [0.2, 0.25) is 11.8 Å². The summed E-state index contributed by atoms with van der Waals surface area (Å²) in [6.45, 7) is 9.53. The number of rotatable bonds is 3. The molecule has 0 aromatic heterocycles. The minimum absolute atomic E-state index is 0.00373. The SMILES string of the molecule is CC(C)=CC1C(C(=O)N2CCOC(C(N)=O)C2)C1(C)C. The molecule has 3 unspecified atom stereocenters. The molecule has 2 rings (SSSR count). The third-order valence-corrected chi connectivity index (χ3v) is 4.39. The fourth-order valence-corrected chi connectivity index (χ4v) is 3.04. The van der Waals surface area contributed by atoms with E-state index in [4.69, 9.17) is 10.5 Å². The van der Waals surface area contributed by atoms with Crippen molar-refractivity contribution in [3.05, 3.63) is 11.6 Å². The summed E-state index contributed by atoms with van der Waals surface area (Å²) < 4.78 is 5.28. The Balaban J connectivity index is 2.05. The number of morpholine rings is 1. The zero-order valence-corrected chi connectivity index (χ0v) is 12.7. The fourth-order valence-electron chi connectivity index (χ4n) is 3.04. The van der Waals surface area contributed by atoms with Crippen molar-refractivity contribution in [3.8, 4) is 0 Å². The van der Waals surface area contributed by atoms with Crippen LogP contribution in [-0.4, -0.2) is 42.5 Å². The van der Waals surface area contributed by atoms with Crippen LogP contribution in [0.1, 0.15) is 27.7 Å². The Kier molecular flexibility index (Phi) is 3.91. The standard InChI is InChI=1S/C15H24N2O3/c1-9(2)7-10-12(15(10,3)4)14(19)17-5-6-20-11(8-17)13(16)18/h7,10-12H,5-6,8H2,1-4H3,(H2,16,18). The highest BCUT2D eigenvalue weighted by Gasteiger charge is 2.61. The first-order chi connectivity index (χ1) is 9.25. The van der Waals surface area contributed by atoms with E-state index < -0.39 is 12.0 Å². The second-order valence-electron chi connectivity index (χ2n) is 6.61. The second kappa shape index (κ2) is 5.20. The molecule has 3 atom stereocenters. The van der Waals surface area contributed by atoms with Crippen molar-refractivity contribution in [2.45, 2.75) is 33.8 Å². The topological polar surface area (TPSA) is 72.6 Å². The van der Waals surface area contributed by atoms with Gasteiger partial charge in [-0.05, 0) is 25.2 Å². The van der Waals surface area contributed by atoms with Gasteiger partial charge in [0.1, 0.15) is 0 Å². The van der Waals surface area contributed by atoms with E-state index in [9.17, 15) is 9.59 Å². The summed E-state index contributed by atoms with van der Waals surface area (Å²) in [5.74, 6) is -0.0932. The molecule has 0 aromatic carbocycles. The Bertz CT molecular complexity index is 452. The molecule has 2 N–H and O–H groups in total. The van der Waals surface area contributed by atoms with Crippen LogP contribution in [0.15, 0.2) is 11.6 Å². The van der Waals surface area contributed by atoms with E-state index in [-0.39, 0.29) is 29.7 Å². The molecule has 1 saturated heterocycles. The maximum absolute atomic E-state index is 12.6. The Morgan fingerprint density at radius 3 is 2.55 bits per heavy atom. The molecule has 1 aliphatic carbocycles. The van der Waals surface area contributed by atoms with Crippen LogP contribution in [0.3, 0.4) is 0 Å². The van der Waals surface area contributed by atoms with Gasteiger partial charge < -0.3 is 15.4 Å². The first-order valence-corrected chi connectivity index (χ1v) is 7.10. The zero-order valence-electron chi connectivity index (χ0n) is 12.7. The first kappa shape index (κ1) is 15.0. The number of primary amides is 1. The molecule has 0 radical (unpaired) electrons. The summed E-state index contributed by atoms with van der Waals surface area (Å²) in [7, 11) is 0. The van der Waals surface area contributed by atoms with Gasteiger partial charge in [0.05, 0.1) is 19.1 Å². The Hall–Kier alpha value is -1.36. The molecule has 1 aliphatic heterocycles. The van der Waals surface area contributed by atoms with Gasteiger partial charge in [-0.25, -0.2) is 0 Å². The van der Waals surface area contributed by atoms with E-state index in [1.165, 1.54) is 5.57 Å². The highest BCUT2D eigenvalue weighted by molar-refractivity contribution is 5.85. The molecule has 20 heavy (non-hydrogen) atoms. The highest BCUT2D eigenvalue weighted by atomic mass is 16.5. The van der Waals surface area contributed by atoms with Crippen LogP contribution < -0.4 is 5.73 Å². The predicted molar refractivity (Wildman–Crippen MR) is 75.7 cm³/mol.